The van der Waals surface area contributed by atoms with Crippen molar-refractivity contribution in [3.8, 4) is 0 Å². The van der Waals surface area contributed by atoms with Gasteiger partial charge in [0.25, 0.3) is 0 Å². The Morgan fingerprint density at radius 2 is 2.11 bits per heavy atom. The Labute approximate surface area is 111 Å². The average molecular weight is 256 g/mol. The predicted octanol–water partition coefficient (Wildman–Crippen LogP) is 1.25. The van der Waals surface area contributed by atoms with E-state index >= 15 is 0 Å². The maximum Gasteiger partial charge on any atom is 0.0707 e. The third kappa shape index (κ3) is 4.50. The van der Waals surface area contributed by atoms with E-state index in [0.717, 1.165) is 39.3 Å². The van der Waals surface area contributed by atoms with Crippen LogP contribution in [0.2, 0.25) is 0 Å². The molecule has 0 radical (unpaired) electrons. The van der Waals surface area contributed by atoms with Gasteiger partial charge in [0, 0.05) is 26.2 Å². The zero-order valence-electron chi connectivity index (χ0n) is 11.9. The standard InChI is InChI=1S/C14H28N2O2/c1-3-6-15-9-13-4-5-14(18-13)11-16-7-8-17-12(2)10-16/h12-15H,3-11H2,1-2H3. The molecule has 2 rings (SSSR count). The highest BCUT2D eigenvalue weighted by Gasteiger charge is 2.28. The molecule has 4 heteroatoms. The molecule has 0 aromatic rings. The Bertz CT molecular complexity index is 238. The zero-order valence-corrected chi connectivity index (χ0v) is 11.9. The normalized spacial score (nSPS) is 34.0. The molecule has 2 aliphatic rings. The summed E-state index contributed by atoms with van der Waals surface area (Å²) in [6.07, 6.45) is 4.86. The quantitative estimate of drug-likeness (QED) is 0.725. The topological polar surface area (TPSA) is 33.7 Å². The second-order valence-corrected chi connectivity index (χ2v) is 5.60. The van der Waals surface area contributed by atoms with Crippen molar-refractivity contribution < 1.29 is 9.47 Å². The van der Waals surface area contributed by atoms with Gasteiger partial charge < -0.3 is 14.8 Å². The van der Waals surface area contributed by atoms with Crippen molar-refractivity contribution in [1.29, 1.82) is 0 Å². The number of rotatable bonds is 6. The number of nitrogens with one attached hydrogen (secondary N) is 1. The van der Waals surface area contributed by atoms with Crippen LogP contribution in [0.1, 0.15) is 33.1 Å². The van der Waals surface area contributed by atoms with E-state index in [1.54, 1.807) is 0 Å². The molecule has 0 saturated carbocycles. The van der Waals surface area contributed by atoms with Crippen molar-refractivity contribution in [2.24, 2.45) is 0 Å². The first-order valence-corrected chi connectivity index (χ1v) is 7.48. The van der Waals surface area contributed by atoms with Crippen LogP contribution < -0.4 is 5.32 Å². The molecule has 0 aliphatic carbocycles. The number of hydrogen-bond donors (Lipinski definition) is 1. The van der Waals surface area contributed by atoms with E-state index in [2.05, 4.69) is 24.1 Å². The van der Waals surface area contributed by atoms with Gasteiger partial charge in [0.05, 0.1) is 24.9 Å². The van der Waals surface area contributed by atoms with Gasteiger partial charge in [-0.15, -0.1) is 0 Å². The van der Waals surface area contributed by atoms with Gasteiger partial charge in [-0.3, -0.25) is 4.90 Å². The summed E-state index contributed by atoms with van der Waals surface area (Å²) in [6, 6.07) is 0. The van der Waals surface area contributed by atoms with Gasteiger partial charge in [0.1, 0.15) is 0 Å². The summed E-state index contributed by atoms with van der Waals surface area (Å²) >= 11 is 0. The Balaban J connectivity index is 1.63. The first-order chi connectivity index (χ1) is 8.78. The van der Waals surface area contributed by atoms with Gasteiger partial charge >= 0.3 is 0 Å². The molecule has 1 N–H and O–H groups in total. The Morgan fingerprint density at radius 3 is 2.89 bits per heavy atom. The van der Waals surface area contributed by atoms with Crippen LogP contribution in [0.25, 0.3) is 0 Å². The second kappa shape index (κ2) is 7.43. The van der Waals surface area contributed by atoms with E-state index in [4.69, 9.17) is 9.47 Å². The van der Waals surface area contributed by atoms with Crippen LogP contribution in [0, 0.1) is 0 Å². The van der Waals surface area contributed by atoms with E-state index in [1.165, 1.54) is 19.3 Å². The van der Waals surface area contributed by atoms with Crippen molar-refractivity contribution in [2.75, 3.05) is 39.3 Å². The van der Waals surface area contributed by atoms with Crippen molar-refractivity contribution >= 4 is 0 Å². The molecule has 106 valence electrons. The highest BCUT2D eigenvalue weighted by atomic mass is 16.5. The van der Waals surface area contributed by atoms with Gasteiger partial charge in [-0.25, -0.2) is 0 Å². The summed E-state index contributed by atoms with van der Waals surface area (Å²) in [5.41, 5.74) is 0. The fraction of sp³-hybridized carbons (Fsp3) is 1.00. The molecular formula is C14H28N2O2. The molecule has 18 heavy (non-hydrogen) atoms. The fourth-order valence-corrected chi connectivity index (χ4v) is 2.85. The number of ether oxygens (including phenoxy) is 2. The lowest BCUT2D eigenvalue weighted by molar-refractivity contribution is -0.0423. The van der Waals surface area contributed by atoms with Crippen LogP contribution in [0.3, 0.4) is 0 Å². The lowest BCUT2D eigenvalue weighted by Gasteiger charge is -2.32. The summed E-state index contributed by atoms with van der Waals surface area (Å²) in [5, 5.41) is 3.45. The Kier molecular flexibility index (Phi) is 5.89. The lowest BCUT2D eigenvalue weighted by Crippen LogP contribution is -2.44. The van der Waals surface area contributed by atoms with Gasteiger partial charge in [-0.1, -0.05) is 6.92 Å². The molecule has 0 spiro atoms. The highest BCUT2D eigenvalue weighted by Crippen LogP contribution is 2.20. The first-order valence-electron chi connectivity index (χ1n) is 7.48. The SMILES string of the molecule is CCCNCC1CCC(CN2CCOC(C)C2)O1. The summed E-state index contributed by atoms with van der Waals surface area (Å²) in [7, 11) is 0. The Hall–Kier alpha value is -0.160. The molecular weight excluding hydrogens is 228 g/mol. The molecule has 3 atom stereocenters. The van der Waals surface area contributed by atoms with Gasteiger partial charge in [0.2, 0.25) is 0 Å². The summed E-state index contributed by atoms with van der Waals surface area (Å²) in [5.74, 6) is 0. The molecule has 2 fully saturated rings. The Morgan fingerprint density at radius 1 is 1.28 bits per heavy atom. The minimum absolute atomic E-state index is 0.377. The van der Waals surface area contributed by atoms with Gasteiger partial charge in [-0.05, 0) is 32.7 Å². The van der Waals surface area contributed by atoms with Crippen LogP contribution >= 0.6 is 0 Å². The predicted molar refractivity (Wildman–Crippen MR) is 72.9 cm³/mol. The molecule has 2 aliphatic heterocycles. The monoisotopic (exact) mass is 256 g/mol. The molecule has 0 aromatic carbocycles. The average Bonchev–Trinajstić information content (AvgIpc) is 2.77. The number of hydrogen-bond acceptors (Lipinski definition) is 4. The fourth-order valence-electron chi connectivity index (χ4n) is 2.85. The van der Waals surface area contributed by atoms with Crippen LogP contribution in [0.4, 0.5) is 0 Å². The van der Waals surface area contributed by atoms with Crippen LogP contribution in [0.15, 0.2) is 0 Å². The first kappa shape index (κ1) is 14.3. The minimum Gasteiger partial charge on any atom is -0.376 e. The number of nitrogens with zero attached hydrogens (tertiary/aromatic N) is 1. The molecule has 2 heterocycles. The molecule has 0 bridgehead atoms. The van der Waals surface area contributed by atoms with Crippen LogP contribution in [0.5, 0.6) is 0 Å². The molecule has 2 saturated heterocycles. The van der Waals surface area contributed by atoms with Crippen LogP contribution in [-0.4, -0.2) is 62.5 Å². The van der Waals surface area contributed by atoms with Gasteiger partial charge in [0.15, 0.2) is 0 Å². The third-order valence-corrected chi connectivity index (χ3v) is 3.78. The lowest BCUT2D eigenvalue weighted by atomic mass is 10.1. The second-order valence-electron chi connectivity index (χ2n) is 5.60. The molecule has 0 aromatic heterocycles. The van der Waals surface area contributed by atoms with E-state index in [0.29, 0.717) is 18.3 Å². The van der Waals surface area contributed by atoms with Gasteiger partial charge in [-0.2, -0.15) is 0 Å². The maximum atomic E-state index is 6.10. The minimum atomic E-state index is 0.377. The zero-order chi connectivity index (χ0) is 12.8. The third-order valence-electron chi connectivity index (χ3n) is 3.78. The van der Waals surface area contributed by atoms with Crippen molar-refractivity contribution in [3.63, 3.8) is 0 Å². The van der Waals surface area contributed by atoms with E-state index in [-0.39, 0.29) is 0 Å². The maximum absolute atomic E-state index is 6.10. The van der Waals surface area contributed by atoms with E-state index in [1.807, 2.05) is 0 Å². The smallest absolute Gasteiger partial charge is 0.0707 e. The van der Waals surface area contributed by atoms with Crippen molar-refractivity contribution in [2.45, 2.75) is 51.4 Å². The van der Waals surface area contributed by atoms with E-state index < -0.39 is 0 Å². The summed E-state index contributed by atoms with van der Waals surface area (Å²) < 4.78 is 11.7. The highest BCUT2D eigenvalue weighted by molar-refractivity contribution is 4.79. The summed E-state index contributed by atoms with van der Waals surface area (Å²) in [6.45, 7) is 10.5. The largest absolute Gasteiger partial charge is 0.376 e. The number of morpholine rings is 1. The molecule has 0 amide bonds. The van der Waals surface area contributed by atoms with Crippen molar-refractivity contribution in [1.82, 2.24) is 10.2 Å². The van der Waals surface area contributed by atoms with Crippen molar-refractivity contribution in [3.05, 3.63) is 0 Å². The molecule has 4 nitrogen and oxygen atoms in total. The van der Waals surface area contributed by atoms with Crippen LogP contribution in [-0.2, 0) is 9.47 Å². The molecule has 3 unspecified atom stereocenters. The van der Waals surface area contributed by atoms with E-state index in [9.17, 15) is 0 Å². The summed E-state index contributed by atoms with van der Waals surface area (Å²) in [4.78, 5) is 2.49.